The van der Waals surface area contributed by atoms with Crippen LogP contribution in [0.4, 0.5) is 0 Å². The van der Waals surface area contributed by atoms with Gasteiger partial charge in [0.25, 0.3) is 0 Å². The third-order valence-corrected chi connectivity index (χ3v) is 4.13. The topological polar surface area (TPSA) is 55.7 Å². The number of rotatable bonds is 4. The summed E-state index contributed by atoms with van der Waals surface area (Å²) in [6.45, 7) is 5.29. The minimum absolute atomic E-state index is 0.0991. The van der Waals surface area contributed by atoms with Crippen LogP contribution >= 0.6 is 0 Å². The Balaban J connectivity index is 2.01. The molecule has 19 heavy (non-hydrogen) atoms. The van der Waals surface area contributed by atoms with Crippen LogP contribution in [-0.4, -0.2) is 41.8 Å². The van der Waals surface area contributed by atoms with Gasteiger partial charge in [0.2, 0.25) is 0 Å². The highest BCUT2D eigenvalue weighted by Crippen LogP contribution is 2.31. The van der Waals surface area contributed by atoms with Crippen LogP contribution in [-0.2, 0) is 0 Å². The highest BCUT2D eigenvalue weighted by Gasteiger charge is 2.20. The zero-order valence-corrected chi connectivity index (χ0v) is 11.8. The lowest BCUT2D eigenvalue weighted by atomic mass is 9.96. The van der Waals surface area contributed by atoms with E-state index in [-0.39, 0.29) is 17.5 Å². The third-order valence-electron chi connectivity index (χ3n) is 4.13. The molecule has 106 valence electrons. The molecule has 0 bridgehead atoms. The predicted molar refractivity (Wildman–Crippen MR) is 76.4 cm³/mol. The molecule has 2 rings (SSSR count). The summed E-state index contributed by atoms with van der Waals surface area (Å²) in [6.07, 6.45) is 2.42. The third kappa shape index (κ3) is 3.61. The van der Waals surface area contributed by atoms with Crippen molar-refractivity contribution in [2.24, 2.45) is 5.92 Å². The molecule has 0 saturated carbocycles. The molecule has 1 aliphatic rings. The van der Waals surface area contributed by atoms with Gasteiger partial charge in [0.05, 0.1) is 0 Å². The maximum atomic E-state index is 9.91. The summed E-state index contributed by atoms with van der Waals surface area (Å²) in [7, 11) is 2.08. The number of nitrogens with one attached hydrogen (secondary N) is 1. The number of hydrogen-bond donors (Lipinski definition) is 3. The van der Waals surface area contributed by atoms with Gasteiger partial charge in [-0.1, -0.05) is 0 Å². The second-order valence-electron chi connectivity index (χ2n) is 5.55. The van der Waals surface area contributed by atoms with Gasteiger partial charge < -0.3 is 15.5 Å². The first kappa shape index (κ1) is 14.2. The lowest BCUT2D eigenvalue weighted by Crippen LogP contribution is -2.35. The van der Waals surface area contributed by atoms with Gasteiger partial charge in [-0.15, -0.1) is 0 Å². The van der Waals surface area contributed by atoms with Crippen LogP contribution in [0.5, 0.6) is 11.5 Å². The molecule has 0 aliphatic carbocycles. The Hall–Kier alpha value is -1.26. The molecule has 0 radical (unpaired) electrons. The van der Waals surface area contributed by atoms with Crippen molar-refractivity contribution in [3.63, 3.8) is 0 Å². The number of piperidine rings is 1. The Morgan fingerprint density at radius 2 is 2.00 bits per heavy atom. The fraction of sp³-hybridized carbons (Fsp3) is 0.600. The fourth-order valence-electron chi connectivity index (χ4n) is 2.74. The van der Waals surface area contributed by atoms with Crippen LogP contribution in [0, 0.1) is 5.92 Å². The summed E-state index contributed by atoms with van der Waals surface area (Å²) in [5.41, 5.74) is 0.788. The number of aromatic hydroxyl groups is 2. The molecule has 3 N–H and O–H groups in total. The molecule has 4 nitrogen and oxygen atoms in total. The molecule has 1 saturated heterocycles. The van der Waals surface area contributed by atoms with Gasteiger partial charge in [-0.2, -0.15) is 0 Å². The van der Waals surface area contributed by atoms with Crippen molar-refractivity contribution >= 4 is 0 Å². The van der Waals surface area contributed by atoms with E-state index >= 15 is 0 Å². The molecule has 1 aromatic carbocycles. The Morgan fingerprint density at radius 1 is 1.32 bits per heavy atom. The quantitative estimate of drug-likeness (QED) is 0.729. The lowest BCUT2D eigenvalue weighted by Gasteiger charge is -2.31. The largest absolute Gasteiger partial charge is 0.508 e. The summed E-state index contributed by atoms with van der Waals surface area (Å²) in [6, 6.07) is 4.82. The van der Waals surface area contributed by atoms with Crippen molar-refractivity contribution in [2.45, 2.75) is 25.8 Å². The zero-order chi connectivity index (χ0) is 13.8. The van der Waals surface area contributed by atoms with Crippen LogP contribution in [0.15, 0.2) is 18.2 Å². The first-order chi connectivity index (χ1) is 9.08. The fourth-order valence-corrected chi connectivity index (χ4v) is 2.74. The van der Waals surface area contributed by atoms with Crippen LogP contribution < -0.4 is 5.32 Å². The Bertz CT molecular complexity index is 417. The summed E-state index contributed by atoms with van der Waals surface area (Å²) < 4.78 is 0. The van der Waals surface area contributed by atoms with Gasteiger partial charge in [-0.25, -0.2) is 0 Å². The minimum atomic E-state index is 0.0991. The molecule has 0 amide bonds. The van der Waals surface area contributed by atoms with E-state index in [0.29, 0.717) is 5.92 Å². The number of hydrogen-bond acceptors (Lipinski definition) is 4. The van der Waals surface area contributed by atoms with Crippen LogP contribution in [0.3, 0.4) is 0 Å². The molecule has 1 heterocycles. The van der Waals surface area contributed by atoms with Gasteiger partial charge in [0.1, 0.15) is 11.5 Å². The van der Waals surface area contributed by atoms with Gasteiger partial charge in [-0.3, -0.25) is 4.90 Å². The predicted octanol–water partition coefficient (Wildman–Crippen LogP) is 2.09. The number of benzene rings is 1. The Kier molecular flexibility index (Phi) is 4.66. The van der Waals surface area contributed by atoms with Crippen molar-refractivity contribution in [3.05, 3.63) is 23.8 Å². The normalized spacial score (nSPS) is 18.7. The standard InChI is InChI=1S/C15H24N2O2/c1-11(14-9-13(18)3-4-15(14)19)17(2)10-12-5-7-16-8-6-12/h3-4,9,11-12,16,18-19H,5-8,10H2,1-2H3. The maximum absolute atomic E-state index is 9.91. The van der Waals surface area contributed by atoms with E-state index in [0.717, 1.165) is 25.2 Å². The minimum Gasteiger partial charge on any atom is -0.508 e. The monoisotopic (exact) mass is 264 g/mol. The summed E-state index contributed by atoms with van der Waals surface area (Å²) in [5.74, 6) is 1.17. The first-order valence-electron chi connectivity index (χ1n) is 7.00. The molecule has 4 heteroatoms. The molecular formula is C15H24N2O2. The number of phenols is 2. The van der Waals surface area contributed by atoms with E-state index < -0.39 is 0 Å². The molecule has 1 aromatic rings. The van der Waals surface area contributed by atoms with Crippen molar-refractivity contribution in [2.75, 3.05) is 26.7 Å². The summed E-state index contributed by atoms with van der Waals surface area (Å²) in [5, 5.41) is 22.8. The molecule has 1 atom stereocenters. The van der Waals surface area contributed by atoms with Crippen molar-refractivity contribution in [1.29, 1.82) is 0 Å². The lowest BCUT2D eigenvalue weighted by molar-refractivity contribution is 0.194. The van der Waals surface area contributed by atoms with Crippen molar-refractivity contribution in [3.8, 4) is 11.5 Å². The summed E-state index contributed by atoms with van der Waals surface area (Å²) in [4.78, 5) is 2.25. The molecule has 1 fully saturated rings. The van der Waals surface area contributed by atoms with E-state index in [1.165, 1.54) is 18.9 Å². The second-order valence-corrected chi connectivity index (χ2v) is 5.55. The summed E-state index contributed by atoms with van der Waals surface area (Å²) >= 11 is 0. The van der Waals surface area contributed by atoms with Gasteiger partial charge in [0.15, 0.2) is 0 Å². The number of phenolic OH excluding ortho intramolecular Hbond substituents is 2. The second kappa shape index (κ2) is 6.26. The molecule has 1 aliphatic heterocycles. The first-order valence-corrected chi connectivity index (χ1v) is 7.00. The van der Waals surface area contributed by atoms with Crippen LogP contribution in [0.25, 0.3) is 0 Å². The average Bonchev–Trinajstić information content (AvgIpc) is 2.42. The SMILES string of the molecule is CC(c1cc(O)ccc1O)N(C)CC1CCNCC1. The van der Waals surface area contributed by atoms with E-state index in [2.05, 4.69) is 24.2 Å². The molecular weight excluding hydrogens is 240 g/mol. The van der Waals surface area contributed by atoms with Crippen LogP contribution in [0.2, 0.25) is 0 Å². The smallest absolute Gasteiger partial charge is 0.120 e. The zero-order valence-electron chi connectivity index (χ0n) is 11.8. The van der Waals surface area contributed by atoms with E-state index in [9.17, 15) is 10.2 Å². The van der Waals surface area contributed by atoms with Gasteiger partial charge in [0, 0.05) is 18.2 Å². The average molecular weight is 264 g/mol. The molecule has 0 spiro atoms. The number of nitrogens with zero attached hydrogens (tertiary/aromatic N) is 1. The van der Waals surface area contributed by atoms with Gasteiger partial charge >= 0.3 is 0 Å². The Morgan fingerprint density at radius 3 is 2.68 bits per heavy atom. The van der Waals surface area contributed by atoms with Gasteiger partial charge in [-0.05, 0) is 64.0 Å². The molecule has 1 unspecified atom stereocenters. The van der Waals surface area contributed by atoms with E-state index in [1.54, 1.807) is 12.1 Å². The Labute approximate surface area is 115 Å². The maximum Gasteiger partial charge on any atom is 0.120 e. The van der Waals surface area contributed by atoms with Crippen LogP contribution in [0.1, 0.15) is 31.4 Å². The molecule has 0 aromatic heterocycles. The van der Waals surface area contributed by atoms with Crippen molar-refractivity contribution < 1.29 is 10.2 Å². The van der Waals surface area contributed by atoms with E-state index in [1.807, 2.05) is 0 Å². The van der Waals surface area contributed by atoms with E-state index in [4.69, 9.17) is 0 Å². The highest BCUT2D eigenvalue weighted by atomic mass is 16.3. The highest BCUT2D eigenvalue weighted by molar-refractivity contribution is 5.40. The van der Waals surface area contributed by atoms with Crippen molar-refractivity contribution in [1.82, 2.24) is 10.2 Å².